The van der Waals surface area contributed by atoms with Crippen LogP contribution in [-0.4, -0.2) is 37.2 Å². The molecular formula is C18H16F2N2O2S2. The summed E-state index contributed by atoms with van der Waals surface area (Å²) in [6.07, 6.45) is 0. The van der Waals surface area contributed by atoms with E-state index in [1.54, 1.807) is 29.2 Å². The molecule has 2 aromatic rings. The van der Waals surface area contributed by atoms with Crippen molar-refractivity contribution in [3.63, 3.8) is 0 Å². The van der Waals surface area contributed by atoms with Gasteiger partial charge in [-0.05, 0) is 29.8 Å². The largest absolute Gasteiger partial charge is 0.312 e. The highest BCUT2D eigenvalue weighted by molar-refractivity contribution is 8.13. The number of nitrogens with zero attached hydrogens (tertiary/aromatic N) is 2. The second kappa shape index (κ2) is 6.66. The molecule has 0 amide bonds. The van der Waals surface area contributed by atoms with Crippen molar-refractivity contribution >= 4 is 32.5 Å². The molecular weight excluding hydrogens is 378 g/mol. The number of sulfone groups is 1. The second-order valence-electron chi connectivity index (χ2n) is 6.36. The van der Waals surface area contributed by atoms with Crippen molar-refractivity contribution in [1.82, 2.24) is 0 Å². The maximum absolute atomic E-state index is 14.4. The van der Waals surface area contributed by atoms with E-state index in [0.29, 0.717) is 16.6 Å². The highest BCUT2D eigenvalue weighted by atomic mass is 32.2. The molecule has 0 saturated carbocycles. The predicted octanol–water partition coefficient (Wildman–Crippen LogP) is 3.24. The number of aliphatic imine (C=N–C) groups is 1. The van der Waals surface area contributed by atoms with Gasteiger partial charge in [0.15, 0.2) is 15.0 Å². The van der Waals surface area contributed by atoms with Crippen LogP contribution in [0.1, 0.15) is 5.56 Å². The smallest absolute Gasteiger partial charge is 0.164 e. The van der Waals surface area contributed by atoms with Gasteiger partial charge in [-0.15, -0.1) is 0 Å². The van der Waals surface area contributed by atoms with E-state index in [2.05, 4.69) is 4.99 Å². The SMILES string of the molecule is O=S1(=O)C[C@H]2N=C(SCc3cccc(F)c3)N(c3ccccc3F)[C@H]2C1. The lowest BCUT2D eigenvalue weighted by molar-refractivity contribution is 0.600. The summed E-state index contributed by atoms with van der Waals surface area (Å²) in [4.78, 5) is 6.24. The first-order valence-corrected chi connectivity index (χ1v) is 10.9. The Balaban J connectivity index is 1.64. The Morgan fingerprint density at radius 3 is 2.69 bits per heavy atom. The van der Waals surface area contributed by atoms with Crippen LogP contribution in [0.2, 0.25) is 0 Å². The van der Waals surface area contributed by atoms with Crippen LogP contribution in [0.25, 0.3) is 0 Å². The van der Waals surface area contributed by atoms with Gasteiger partial charge in [0.1, 0.15) is 11.6 Å². The van der Waals surface area contributed by atoms with Crippen molar-refractivity contribution in [2.75, 3.05) is 16.4 Å². The van der Waals surface area contributed by atoms with Gasteiger partial charge in [-0.3, -0.25) is 4.99 Å². The molecule has 2 atom stereocenters. The molecule has 4 nitrogen and oxygen atoms in total. The molecule has 0 radical (unpaired) electrons. The summed E-state index contributed by atoms with van der Waals surface area (Å²) < 4.78 is 51.7. The molecule has 2 heterocycles. The van der Waals surface area contributed by atoms with Crippen molar-refractivity contribution in [1.29, 1.82) is 0 Å². The first-order chi connectivity index (χ1) is 12.4. The first-order valence-electron chi connectivity index (χ1n) is 8.12. The topological polar surface area (TPSA) is 49.7 Å². The van der Waals surface area contributed by atoms with Gasteiger partial charge < -0.3 is 4.90 Å². The molecule has 0 aliphatic carbocycles. The number of hydrogen-bond donors (Lipinski definition) is 0. The Hall–Kier alpha value is -1.93. The molecule has 4 rings (SSSR count). The third-order valence-corrected chi connectivity index (χ3v) is 7.21. The minimum atomic E-state index is -3.19. The van der Waals surface area contributed by atoms with E-state index < -0.39 is 27.7 Å². The lowest BCUT2D eigenvalue weighted by Gasteiger charge is -2.26. The lowest BCUT2D eigenvalue weighted by atomic mass is 10.1. The zero-order valence-corrected chi connectivity index (χ0v) is 15.3. The van der Waals surface area contributed by atoms with Crippen LogP contribution in [0.5, 0.6) is 0 Å². The standard InChI is InChI=1S/C18H16F2N2O2S2/c19-13-5-3-4-12(8-13)9-25-18-21-15-10-26(23,24)11-17(15)22(18)16-7-2-1-6-14(16)20/h1-8,15,17H,9-11H2/t15-,17+/m1/s1. The van der Waals surface area contributed by atoms with E-state index in [0.717, 1.165) is 5.56 Å². The summed E-state index contributed by atoms with van der Waals surface area (Å²) >= 11 is 1.36. The summed E-state index contributed by atoms with van der Waals surface area (Å²) in [6.45, 7) is 0. The van der Waals surface area contributed by atoms with Gasteiger partial charge in [-0.25, -0.2) is 17.2 Å². The molecule has 0 aromatic heterocycles. The molecule has 2 aromatic carbocycles. The van der Waals surface area contributed by atoms with Gasteiger partial charge in [0.2, 0.25) is 0 Å². The lowest BCUT2D eigenvalue weighted by Crippen LogP contribution is -2.39. The Labute approximate surface area is 154 Å². The number of halogens is 2. The highest BCUT2D eigenvalue weighted by Crippen LogP contribution is 2.36. The molecule has 2 aliphatic rings. The van der Waals surface area contributed by atoms with Crippen LogP contribution in [-0.2, 0) is 15.6 Å². The summed E-state index contributed by atoms with van der Waals surface area (Å²) in [5.74, 6) is -0.332. The van der Waals surface area contributed by atoms with E-state index in [4.69, 9.17) is 0 Å². The molecule has 136 valence electrons. The number of fused-ring (bicyclic) bond motifs is 1. The van der Waals surface area contributed by atoms with Crippen molar-refractivity contribution in [2.45, 2.75) is 17.8 Å². The molecule has 26 heavy (non-hydrogen) atoms. The molecule has 0 unspecified atom stereocenters. The van der Waals surface area contributed by atoms with E-state index in [9.17, 15) is 17.2 Å². The Bertz CT molecular complexity index is 979. The average Bonchev–Trinajstić information content (AvgIpc) is 3.05. The normalized spacial score (nSPS) is 23.8. The number of amidine groups is 1. The Morgan fingerprint density at radius 2 is 1.92 bits per heavy atom. The van der Waals surface area contributed by atoms with Gasteiger partial charge in [-0.1, -0.05) is 36.0 Å². The fraction of sp³-hybridized carbons (Fsp3) is 0.278. The third-order valence-electron chi connectivity index (χ3n) is 4.48. The van der Waals surface area contributed by atoms with E-state index in [1.807, 2.05) is 6.07 Å². The van der Waals surface area contributed by atoms with Gasteiger partial charge in [0, 0.05) is 5.75 Å². The molecule has 1 fully saturated rings. The summed E-state index contributed by atoms with van der Waals surface area (Å²) in [5.41, 5.74) is 1.11. The fourth-order valence-corrected chi connectivity index (χ4v) is 6.24. The van der Waals surface area contributed by atoms with Crippen LogP contribution in [0, 0.1) is 11.6 Å². The summed E-state index contributed by atoms with van der Waals surface area (Å²) in [7, 11) is -3.19. The number of para-hydroxylation sites is 1. The molecule has 2 aliphatic heterocycles. The summed E-state index contributed by atoms with van der Waals surface area (Å²) in [6, 6.07) is 11.8. The molecule has 0 bridgehead atoms. The minimum Gasteiger partial charge on any atom is -0.312 e. The molecule has 1 saturated heterocycles. The average molecular weight is 394 g/mol. The predicted molar refractivity (Wildman–Crippen MR) is 100 cm³/mol. The van der Waals surface area contributed by atoms with Gasteiger partial charge in [-0.2, -0.15) is 0 Å². The van der Waals surface area contributed by atoms with E-state index in [1.165, 1.54) is 30.0 Å². The zero-order chi connectivity index (χ0) is 18.3. The van der Waals surface area contributed by atoms with E-state index in [-0.39, 0.29) is 17.3 Å². The Kier molecular flexibility index (Phi) is 4.48. The zero-order valence-electron chi connectivity index (χ0n) is 13.7. The highest BCUT2D eigenvalue weighted by Gasteiger charge is 2.47. The summed E-state index contributed by atoms with van der Waals surface area (Å²) in [5, 5.41) is 0.573. The monoisotopic (exact) mass is 394 g/mol. The number of benzene rings is 2. The quantitative estimate of drug-likeness (QED) is 0.802. The molecule has 0 spiro atoms. The van der Waals surface area contributed by atoms with Crippen LogP contribution < -0.4 is 4.90 Å². The van der Waals surface area contributed by atoms with Gasteiger partial charge in [0.25, 0.3) is 0 Å². The number of rotatable bonds is 3. The van der Waals surface area contributed by atoms with E-state index >= 15 is 0 Å². The van der Waals surface area contributed by atoms with Crippen molar-refractivity contribution in [2.24, 2.45) is 4.99 Å². The molecule has 0 N–H and O–H groups in total. The fourth-order valence-electron chi connectivity index (χ4n) is 3.34. The first kappa shape index (κ1) is 17.5. The Morgan fingerprint density at radius 1 is 1.12 bits per heavy atom. The van der Waals surface area contributed by atoms with Crippen LogP contribution in [0.4, 0.5) is 14.5 Å². The maximum Gasteiger partial charge on any atom is 0.164 e. The van der Waals surface area contributed by atoms with Crippen LogP contribution in [0.3, 0.4) is 0 Å². The second-order valence-corrected chi connectivity index (χ2v) is 9.46. The van der Waals surface area contributed by atoms with Crippen molar-refractivity contribution < 1.29 is 17.2 Å². The van der Waals surface area contributed by atoms with Crippen molar-refractivity contribution in [3.05, 3.63) is 65.7 Å². The van der Waals surface area contributed by atoms with Gasteiger partial charge >= 0.3 is 0 Å². The third kappa shape index (κ3) is 3.35. The number of hydrogen-bond acceptors (Lipinski definition) is 5. The van der Waals surface area contributed by atoms with Gasteiger partial charge in [0.05, 0.1) is 29.3 Å². The van der Waals surface area contributed by atoms with Crippen LogP contribution >= 0.6 is 11.8 Å². The van der Waals surface area contributed by atoms with Crippen LogP contribution in [0.15, 0.2) is 53.5 Å². The maximum atomic E-state index is 14.4. The minimum absolute atomic E-state index is 0.0212. The van der Waals surface area contributed by atoms with Crippen molar-refractivity contribution in [3.8, 4) is 0 Å². The molecule has 8 heteroatoms. The number of thioether (sulfide) groups is 1. The number of anilines is 1.